The number of aryl methyl sites for hydroxylation is 1. The number of H-pyrrole nitrogens is 1. The molecule has 1 nitrogen and oxygen atoms in total. The molecule has 2 aromatic rings. The van der Waals surface area contributed by atoms with Crippen LogP contribution in [-0.4, -0.2) is 4.98 Å². The van der Waals surface area contributed by atoms with Gasteiger partial charge in [0, 0.05) is 10.9 Å². The number of rotatable bonds is 0. The predicted molar refractivity (Wildman–Crippen MR) is 46.9 cm³/mol. The number of benzene rings is 1. The lowest BCUT2D eigenvalue weighted by Crippen LogP contribution is -1.69. The second-order valence-corrected chi connectivity index (χ2v) is 2.94. The van der Waals surface area contributed by atoms with E-state index in [4.69, 9.17) is 11.6 Å². The molecular formula is C9H7ClN. The molecule has 0 aliphatic carbocycles. The summed E-state index contributed by atoms with van der Waals surface area (Å²) in [5, 5.41) is 1.87. The lowest BCUT2D eigenvalue weighted by atomic mass is 10.2. The number of aromatic amines is 1. The Balaban J connectivity index is 2.96. The van der Waals surface area contributed by atoms with Gasteiger partial charge in [0.15, 0.2) is 0 Å². The second-order valence-electron chi connectivity index (χ2n) is 2.54. The summed E-state index contributed by atoms with van der Waals surface area (Å²) in [6.07, 6.45) is 3.01. The molecule has 0 amide bonds. The van der Waals surface area contributed by atoms with E-state index in [1.54, 1.807) is 0 Å². The number of aromatic nitrogens is 1. The zero-order valence-electron chi connectivity index (χ0n) is 6.11. The van der Waals surface area contributed by atoms with Gasteiger partial charge < -0.3 is 4.98 Å². The zero-order valence-corrected chi connectivity index (χ0v) is 6.87. The van der Waals surface area contributed by atoms with Gasteiger partial charge in [0.1, 0.15) is 0 Å². The zero-order chi connectivity index (χ0) is 7.84. The maximum Gasteiger partial charge on any atom is 0.0663 e. The van der Waals surface area contributed by atoms with E-state index in [2.05, 4.69) is 11.2 Å². The van der Waals surface area contributed by atoms with Crippen molar-refractivity contribution in [2.75, 3.05) is 0 Å². The summed E-state index contributed by atoms with van der Waals surface area (Å²) in [6, 6.07) is 5.80. The van der Waals surface area contributed by atoms with Crippen molar-refractivity contribution >= 4 is 22.5 Å². The minimum absolute atomic E-state index is 0.789. The van der Waals surface area contributed by atoms with Crippen molar-refractivity contribution < 1.29 is 0 Å². The largest absolute Gasteiger partial charge is 0.353 e. The highest BCUT2D eigenvalue weighted by molar-refractivity contribution is 6.35. The van der Waals surface area contributed by atoms with Gasteiger partial charge in [-0.1, -0.05) is 17.7 Å². The summed E-state index contributed by atoms with van der Waals surface area (Å²) < 4.78 is 0. The third kappa shape index (κ3) is 0.925. The van der Waals surface area contributed by atoms with E-state index in [0.29, 0.717) is 0 Å². The van der Waals surface area contributed by atoms with E-state index in [1.807, 2.05) is 25.1 Å². The van der Waals surface area contributed by atoms with E-state index in [9.17, 15) is 0 Å². The molecule has 1 aromatic carbocycles. The van der Waals surface area contributed by atoms with Crippen molar-refractivity contribution in [3.05, 3.63) is 35.0 Å². The van der Waals surface area contributed by atoms with E-state index < -0.39 is 0 Å². The fourth-order valence-electron chi connectivity index (χ4n) is 1.23. The number of hydrogen-bond acceptors (Lipinski definition) is 0. The van der Waals surface area contributed by atoms with Gasteiger partial charge in [0.05, 0.1) is 11.2 Å². The first kappa shape index (κ1) is 6.74. The number of halogens is 1. The van der Waals surface area contributed by atoms with E-state index in [0.717, 1.165) is 21.5 Å². The Bertz CT molecular complexity index is 389. The molecule has 55 valence electrons. The van der Waals surface area contributed by atoms with E-state index in [-0.39, 0.29) is 0 Å². The fourth-order valence-corrected chi connectivity index (χ4v) is 1.55. The Hall–Kier alpha value is -0.950. The van der Waals surface area contributed by atoms with Crippen molar-refractivity contribution in [2.45, 2.75) is 6.92 Å². The first-order valence-electron chi connectivity index (χ1n) is 3.43. The third-order valence-corrected chi connectivity index (χ3v) is 2.09. The van der Waals surface area contributed by atoms with Crippen LogP contribution in [0.15, 0.2) is 18.2 Å². The van der Waals surface area contributed by atoms with Crippen LogP contribution in [0, 0.1) is 13.1 Å². The van der Waals surface area contributed by atoms with Crippen molar-refractivity contribution in [1.29, 1.82) is 0 Å². The van der Waals surface area contributed by atoms with Crippen LogP contribution in [0.2, 0.25) is 5.02 Å². The molecule has 0 saturated heterocycles. The van der Waals surface area contributed by atoms with Gasteiger partial charge in [0.2, 0.25) is 0 Å². The van der Waals surface area contributed by atoms with Crippen molar-refractivity contribution in [3.63, 3.8) is 0 Å². The highest BCUT2D eigenvalue weighted by Gasteiger charge is 2.02. The van der Waals surface area contributed by atoms with Gasteiger partial charge in [-0.2, -0.15) is 0 Å². The molecule has 0 spiro atoms. The van der Waals surface area contributed by atoms with Gasteiger partial charge in [-0.25, -0.2) is 0 Å². The fraction of sp³-hybridized carbons (Fsp3) is 0.111. The molecule has 1 heterocycles. The predicted octanol–water partition coefficient (Wildman–Crippen LogP) is 2.93. The van der Waals surface area contributed by atoms with E-state index >= 15 is 0 Å². The molecule has 0 atom stereocenters. The maximum atomic E-state index is 5.96. The van der Waals surface area contributed by atoms with Crippen LogP contribution in [0.3, 0.4) is 0 Å². The molecule has 1 aromatic heterocycles. The molecular weight excluding hydrogens is 158 g/mol. The molecule has 0 bridgehead atoms. The number of nitrogens with one attached hydrogen (secondary N) is 1. The molecule has 0 aliphatic rings. The molecule has 0 fully saturated rings. The molecule has 0 unspecified atom stereocenters. The molecule has 11 heavy (non-hydrogen) atoms. The van der Waals surface area contributed by atoms with Gasteiger partial charge >= 0.3 is 0 Å². The van der Waals surface area contributed by atoms with Crippen molar-refractivity contribution in [3.8, 4) is 0 Å². The lowest BCUT2D eigenvalue weighted by molar-refractivity contribution is 1.40. The maximum absolute atomic E-state index is 5.96. The normalized spacial score (nSPS) is 10.7. The minimum atomic E-state index is 0.789. The van der Waals surface area contributed by atoms with Crippen LogP contribution in [-0.2, 0) is 0 Å². The van der Waals surface area contributed by atoms with Gasteiger partial charge in [0.25, 0.3) is 0 Å². The third-order valence-electron chi connectivity index (χ3n) is 1.77. The molecule has 0 saturated carbocycles. The molecule has 1 radical (unpaired) electrons. The Kier molecular flexibility index (Phi) is 1.40. The summed E-state index contributed by atoms with van der Waals surface area (Å²) in [5.41, 5.74) is 2.13. The lowest BCUT2D eigenvalue weighted by Gasteiger charge is -1.93. The van der Waals surface area contributed by atoms with Crippen LogP contribution in [0.5, 0.6) is 0 Å². The average molecular weight is 165 g/mol. The van der Waals surface area contributed by atoms with Crippen LogP contribution in [0.25, 0.3) is 10.9 Å². The van der Waals surface area contributed by atoms with Crippen LogP contribution >= 0.6 is 11.6 Å². The monoisotopic (exact) mass is 164 g/mol. The van der Waals surface area contributed by atoms with Gasteiger partial charge in [-0.05, 0) is 24.6 Å². The molecule has 2 heteroatoms. The molecule has 1 N–H and O–H groups in total. The quantitative estimate of drug-likeness (QED) is 0.616. The van der Waals surface area contributed by atoms with Crippen molar-refractivity contribution in [2.24, 2.45) is 0 Å². The highest BCUT2D eigenvalue weighted by atomic mass is 35.5. The minimum Gasteiger partial charge on any atom is -0.353 e. The van der Waals surface area contributed by atoms with Gasteiger partial charge in [-0.15, -0.1) is 0 Å². The summed E-state index contributed by atoms with van der Waals surface area (Å²) in [4.78, 5) is 3.02. The van der Waals surface area contributed by atoms with Crippen molar-refractivity contribution in [1.82, 2.24) is 4.98 Å². The highest BCUT2D eigenvalue weighted by Crippen LogP contribution is 2.24. The standard InChI is InChI=1S/C9H7ClN/c1-6-5-11-8-4-2-3-7(10)9(6)8/h2-4,11H,1H3. The van der Waals surface area contributed by atoms with Crippen LogP contribution in [0.1, 0.15) is 5.56 Å². The van der Waals surface area contributed by atoms with Gasteiger partial charge in [-0.3, -0.25) is 0 Å². The molecule has 0 aliphatic heterocycles. The summed E-state index contributed by atoms with van der Waals surface area (Å²) in [6.45, 7) is 1.99. The number of fused-ring (bicyclic) bond motifs is 1. The average Bonchev–Trinajstić information content (AvgIpc) is 2.34. The summed E-state index contributed by atoms with van der Waals surface area (Å²) in [5.74, 6) is 0. The summed E-state index contributed by atoms with van der Waals surface area (Å²) in [7, 11) is 0. The second kappa shape index (κ2) is 2.28. The SMILES string of the molecule is Cc1[c][nH]c2cccc(Cl)c12. The van der Waals surface area contributed by atoms with E-state index in [1.165, 1.54) is 0 Å². The number of hydrogen-bond donors (Lipinski definition) is 1. The Morgan fingerprint density at radius 1 is 1.45 bits per heavy atom. The topological polar surface area (TPSA) is 15.8 Å². The summed E-state index contributed by atoms with van der Waals surface area (Å²) >= 11 is 5.96. The Labute approximate surface area is 70.0 Å². The Morgan fingerprint density at radius 2 is 2.27 bits per heavy atom. The first-order valence-corrected chi connectivity index (χ1v) is 3.81. The van der Waals surface area contributed by atoms with Crippen LogP contribution in [0.4, 0.5) is 0 Å². The molecule has 2 rings (SSSR count). The first-order chi connectivity index (χ1) is 5.29. The van der Waals surface area contributed by atoms with Crippen LogP contribution < -0.4 is 0 Å². The Morgan fingerprint density at radius 3 is 3.00 bits per heavy atom. The smallest absolute Gasteiger partial charge is 0.0663 e.